The van der Waals surface area contributed by atoms with E-state index in [1.54, 1.807) is 0 Å². The molecule has 4 nitrogen and oxygen atoms in total. The van der Waals surface area contributed by atoms with Crippen LogP contribution in [0, 0.1) is 45.3 Å². The van der Waals surface area contributed by atoms with Gasteiger partial charge in [-0.25, -0.2) is 0 Å². The lowest BCUT2D eigenvalue weighted by Gasteiger charge is -2.45. The van der Waals surface area contributed by atoms with Crippen molar-refractivity contribution in [1.29, 1.82) is 15.8 Å². The standard InChI is InChI=1S/C25H20N4/c26-14-22-20-12-11-19(17-7-3-1-4-8-17)13-21(20)23(18-9-5-2-6-10-18)25(15-27,16-28)24(22)29/h1-10,12,19,21,23H,11,13,29H2/t19-,21-,23+/m1/s1. The van der Waals surface area contributed by atoms with Gasteiger partial charge in [-0.15, -0.1) is 0 Å². The van der Waals surface area contributed by atoms with Crippen molar-refractivity contribution in [2.45, 2.75) is 24.7 Å². The topological polar surface area (TPSA) is 97.4 Å². The summed E-state index contributed by atoms with van der Waals surface area (Å²) in [6.07, 6.45) is 3.66. The SMILES string of the molecule is N#CC1=C(N)C(C#N)(C#N)[C@@H](c2ccccc2)[C@@H]2C[C@H](c3ccccc3)CC=C12. The summed E-state index contributed by atoms with van der Waals surface area (Å²) < 4.78 is 0. The summed E-state index contributed by atoms with van der Waals surface area (Å²) in [5, 5.41) is 30.0. The second kappa shape index (κ2) is 7.31. The Hall–Kier alpha value is -3.81. The molecule has 2 aromatic carbocycles. The molecule has 0 heterocycles. The van der Waals surface area contributed by atoms with Crippen LogP contribution in [-0.4, -0.2) is 0 Å². The number of benzene rings is 2. The van der Waals surface area contributed by atoms with Crippen LogP contribution in [0.3, 0.4) is 0 Å². The Bertz CT molecular complexity index is 1090. The van der Waals surface area contributed by atoms with Crippen LogP contribution in [0.25, 0.3) is 0 Å². The molecule has 0 unspecified atom stereocenters. The highest BCUT2D eigenvalue weighted by Gasteiger charge is 2.54. The Morgan fingerprint density at radius 1 is 0.862 bits per heavy atom. The molecule has 0 spiro atoms. The van der Waals surface area contributed by atoms with E-state index in [2.05, 4.69) is 36.4 Å². The van der Waals surface area contributed by atoms with Crippen LogP contribution in [0.2, 0.25) is 0 Å². The first-order chi connectivity index (χ1) is 14.2. The molecule has 3 atom stereocenters. The van der Waals surface area contributed by atoms with Crippen molar-refractivity contribution >= 4 is 0 Å². The first-order valence-electron chi connectivity index (χ1n) is 9.69. The van der Waals surface area contributed by atoms with Gasteiger partial charge in [0.25, 0.3) is 0 Å². The van der Waals surface area contributed by atoms with Gasteiger partial charge in [0.15, 0.2) is 5.41 Å². The molecule has 0 bridgehead atoms. The molecule has 2 aromatic rings. The lowest BCUT2D eigenvalue weighted by atomic mass is 9.55. The number of rotatable bonds is 2. The molecule has 0 aromatic heterocycles. The molecule has 0 amide bonds. The minimum atomic E-state index is -1.56. The van der Waals surface area contributed by atoms with Gasteiger partial charge in [-0.1, -0.05) is 66.7 Å². The largest absolute Gasteiger partial charge is 0.399 e. The molecule has 0 fully saturated rings. The summed E-state index contributed by atoms with van der Waals surface area (Å²) in [7, 11) is 0. The van der Waals surface area contributed by atoms with Crippen LogP contribution in [0.4, 0.5) is 0 Å². The summed E-state index contributed by atoms with van der Waals surface area (Å²) >= 11 is 0. The average Bonchev–Trinajstić information content (AvgIpc) is 2.79. The summed E-state index contributed by atoms with van der Waals surface area (Å²) in [5.41, 5.74) is 8.18. The Kier molecular flexibility index (Phi) is 4.67. The van der Waals surface area contributed by atoms with Gasteiger partial charge in [-0.05, 0) is 41.4 Å². The van der Waals surface area contributed by atoms with Crippen molar-refractivity contribution in [3.05, 3.63) is 94.7 Å². The van der Waals surface area contributed by atoms with Crippen molar-refractivity contribution in [2.24, 2.45) is 17.1 Å². The van der Waals surface area contributed by atoms with E-state index in [0.29, 0.717) is 5.57 Å². The van der Waals surface area contributed by atoms with Crippen molar-refractivity contribution in [1.82, 2.24) is 0 Å². The first-order valence-corrected chi connectivity index (χ1v) is 9.69. The third-order valence-electron chi connectivity index (χ3n) is 6.31. The van der Waals surface area contributed by atoms with Gasteiger partial charge in [-0.3, -0.25) is 0 Å². The van der Waals surface area contributed by atoms with E-state index < -0.39 is 11.3 Å². The molecular formula is C25H20N4. The fraction of sp³-hybridized carbons (Fsp3) is 0.240. The summed E-state index contributed by atoms with van der Waals surface area (Å²) in [6, 6.07) is 26.5. The smallest absolute Gasteiger partial charge is 0.191 e. The monoisotopic (exact) mass is 376 g/mol. The first kappa shape index (κ1) is 18.5. The summed E-state index contributed by atoms with van der Waals surface area (Å²) in [6.45, 7) is 0. The maximum absolute atomic E-state index is 10.1. The van der Waals surface area contributed by atoms with E-state index in [9.17, 15) is 15.8 Å². The maximum atomic E-state index is 10.1. The Balaban J connectivity index is 1.93. The van der Waals surface area contributed by atoms with Crippen LogP contribution >= 0.6 is 0 Å². The number of hydrogen-bond acceptors (Lipinski definition) is 4. The molecule has 2 N–H and O–H groups in total. The number of nitrogens with zero attached hydrogens (tertiary/aromatic N) is 3. The van der Waals surface area contributed by atoms with Crippen molar-refractivity contribution in [3.63, 3.8) is 0 Å². The lowest BCUT2D eigenvalue weighted by Crippen LogP contribution is -2.43. The molecule has 0 aliphatic heterocycles. The minimum Gasteiger partial charge on any atom is -0.399 e. The maximum Gasteiger partial charge on any atom is 0.191 e. The van der Waals surface area contributed by atoms with Gasteiger partial charge >= 0.3 is 0 Å². The third-order valence-corrected chi connectivity index (χ3v) is 6.31. The molecule has 0 saturated heterocycles. The van der Waals surface area contributed by atoms with Crippen LogP contribution in [0.1, 0.15) is 35.8 Å². The van der Waals surface area contributed by atoms with Crippen molar-refractivity contribution < 1.29 is 0 Å². The van der Waals surface area contributed by atoms with Crippen LogP contribution in [-0.2, 0) is 0 Å². The van der Waals surface area contributed by atoms with Gasteiger partial charge < -0.3 is 5.73 Å². The fourth-order valence-electron chi connectivity index (χ4n) is 4.92. The molecule has 4 heteroatoms. The van der Waals surface area contributed by atoms with Gasteiger partial charge in [0.05, 0.1) is 23.4 Å². The van der Waals surface area contributed by atoms with E-state index in [-0.39, 0.29) is 17.5 Å². The highest BCUT2D eigenvalue weighted by atomic mass is 14.7. The molecule has 29 heavy (non-hydrogen) atoms. The zero-order valence-corrected chi connectivity index (χ0v) is 15.9. The number of nitrogens with two attached hydrogens (primary N) is 1. The Morgan fingerprint density at radius 2 is 1.45 bits per heavy atom. The zero-order valence-electron chi connectivity index (χ0n) is 15.9. The van der Waals surface area contributed by atoms with E-state index in [4.69, 9.17) is 5.73 Å². The molecule has 4 rings (SSSR count). The van der Waals surface area contributed by atoms with Crippen LogP contribution in [0.15, 0.2) is 83.6 Å². The van der Waals surface area contributed by atoms with Crippen LogP contribution < -0.4 is 5.73 Å². The lowest BCUT2D eigenvalue weighted by molar-refractivity contribution is 0.303. The van der Waals surface area contributed by atoms with E-state index in [0.717, 1.165) is 24.0 Å². The molecule has 0 saturated carbocycles. The van der Waals surface area contributed by atoms with Crippen LogP contribution in [0.5, 0.6) is 0 Å². The predicted molar refractivity (Wildman–Crippen MR) is 110 cm³/mol. The zero-order chi connectivity index (χ0) is 20.4. The number of allylic oxidation sites excluding steroid dienone is 4. The second-order valence-electron chi connectivity index (χ2n) is 7.67. The van der Waals surface area contributed by atoms with E-state index in [1.165, 1.54) is 5.56 Å². The highest BCUT2D eigenvalue weighted by Crippen LogP contribution is 2.57. The van der Waals surface area contributed by atoms with Crippen molar-refractivity contribution in [3.8, 4) is 18.2 Å². The van der Waals surface area contributed by atoms with E-state index in [1.807, 2.05) is 48.5 Å². The molecular weight excluding hydrogens is 356 g/mol. The second-order valence-corrected chi connectivity index (χ2v) is 7.67. The van der Waals surface area contributed by atoms with Gasteiger partial charge in [0.2, 0.25) is 0 Å². The minimum absolute atomic E-state index is 0.0829. The van der Waals surface area contributed by atoms with Gasteiger partial charge in [-0.2, -0.15) is 15.8 Å². The van der Waals surface area contributed by atoms with E-state index >= 15 is 0 Å². The number of hydrogen-bond donors (Lipinski definition) is 1. The van der Waals surface area contributed by atoms with Crippen molar-refractivity contribution in [2.75, 3.05) is 0 Å². The Morgan fingerprint density at radius 3 is 2.00 bits per heavy atom. The normalized spacial score (nSPS) is 25.0. The number of fused-ring (bicyclic) bond motifs is 1. The molecule has 0 radical (unpaired) electrons. The molecule has 2 aliphatic carbocycles. The molecule has 140 valence electrons. The molecule has 2 aliphatic rings. The quantitative estimate of drug-likeness (QED) is 0.823. The predicted octanol–water partition coefficient (Wildman–Crippen LogP) is 4.67. The third kappa shape index (κ3) is 2.80. The van der Waals surface area contributed by atoms with Gasteiger partial charge in [0, 0.05) is 5.92 Å². The van der Waals surface area contributed by atoms with Gasteiger partial charge in [0.1, 0.15) is 6.07 Å². The number of nitriles is 3. The average molecular weight is 376 g/mol. The highest BCUT2D eigenvalue weighted by molar-refractivity contribution is 5.59. The summed E-state index contributed by atoms with van der Waals surface area (Å²) in [5.74, 6) is -0.281. The Labute approximate surface area is 170 Å². The summed E-state index contributed by atoms with van der Waals surface area (Å²) in [4.78, 5) is 0. The fourth-order valence-corrected chi connectivity index (χ4v) is 4.92.